The molecule has 0 bridgehead atoms. The van der Waals surface area contributed by atoms with E-state index < -0.39 is 21.7 Å². The van der Waals surface area contributed by atoms with Crippen LogP contribution in [0.25, 0.3) is 10.9 Å². The summed E-state index contributed by atoms with van der Waals surface area (Å²) in [6.07, 6.45) is 2.27. The Bertz CT molecular complexity index is 1170. The molecule has 6 nitrogen and oxygen atoms in total. The van der Waals surface area contributed by atoms with E-state index in [2.05, 4.69) is 9.71 Å². The van der Waals surface area contributed by atoms with Crippen molar-refractivity contribution in [1.29, 1.82) is 5.26 Å². The van der Waals surface area contributed by atoms with Crippen molar-refractivity contribution in [1.82, 2.24) is 4.98 Å². The van der Waals surface area contributed by atoms with Crippen molar-refractivity contribution in [3.8, 4) is 6.07 Å². The number of rotatable bonds is 4. The van der Waals surface area contributed by atoms with E-state index in [0.717, 1.165) is 18.4 Å². The number of pyridine rings is 1. The van der Waals surface area contributed by atoms with Gasteiger partial charge in [0.25, 0.3) is 0 Å². The van der Waals surface area contributed by atoms with Crippen LogP contribution in [0, 0.1) is 23.0 Å². The second-order valence-corrected chi connectivity index (χ2v) is 7.64. The molecular formula is C18H14F2N4O2S. The van der Waals surface area contributed by atoms with Gasteiger partial charge in [-0.05, 0) is 30.3 Å². The fourth-order valence-electron chi connectivity index (χ4n) is 2.75. The van der Waals surface area contributed by atoms with E-state index in [4.69, 9.17) is 0 Å². The zero-order chi connectivity index (χ0) is 19.8. The summed E-state index contributed by atoms with van der Waals surface area (Å²) in [5.41, 5.74) is 1.35. The van der Waals surface area contributed by atoms with Gasteiger partial charge in [0.1, 0.15) is 17.4 Å². The number of anilines is 3. The van der Waals surface area contributed by atoms with Crippen LogP contribution in [-0.4, -0.2) is 26.7 Å². The second kappa shape index (κ2) is 6.81. The van der Waals surface area contributed by atoms with Crippen LogP contribution in [0.2, 0.25) is 0 Å². The predicted molar refractivity (Wildman–Crippen MR) is 99.3 cm³/mol. The van der Waals surface area contributed by atoms with Crippen LogP contribution in [0.15, 0.2) is 42.6 Å². The molecule has 0 atom stereocenters. The Labute approximate surface area is 154 Å². The lowest BCUT2D eigenvalue weighted by molar-refractivity contribution is 0.590. The van der Waals surface area contributed by atoms with Crippen LogP contribution < -0.4 is 9.62 Å². The Kier molecular flexibility index (Phi) is 4.68. The molecule has 1 heterocycles. The van der Waals surface area contributed by atoms with Gasteiger partial charge in [-0.15, -0.1) is 0 Å². The van der Waals surface area contributed by atoms with Crippen LogP contribution in [-0.2, 0) is 10.0 Å². The fraction of sp³-hybridized carbons (Fsp3) is 0.111. The van der Waals surface area contributed by atoms with Crippen molar-refractivity contribution < 1.29 is 17.2 Å². The van der Waals surface area contributed by atoms with Gasteiger partial charge in [-0.2, -0.15) is 5.26 Å². The number of nitrogens with zero attached hydrogens (tertiary/aromatic N) is 3. The molecule has 0 fully saturated rings. The number of fused-ring (bicyclic) bond motifs is 1. The van der Waals surface area contributed by atoms with Gasteiger partial charge < -0.3 is 4.90 Å². The third-order valence-electron chi connectivity index (χ3n) is 3.87. The average molecular weight is 388 g/mol. The van der Waals surface area contributed by atoms with Crippen LogP contribution in [0.5, 0.6) is 0 Å². The van der Waals surface area contributed by atoms with Crippen molar-refractivity contribution in [3.05, 3.63) is 59.8 Å². The Morgan fingerprint density at radius 2 is 1.85 bits per heavy atom. The van der Waals surface area contributed by atoms with Crippen molar-refractivity contribution in [2.45, 2.75) is 0 Å². The number of halogens is 2. The zero-order valence-corrected chi connectivity index (χ0v) is 15.2. The van der Waals surface area contributed by atoms with Gasteiger partial charge in [-0.1, -0.05) is 0 Å². The molecule has 27 heavy (non-hydrogen) atoms. The summed E-state index contributed by atoms with van der Waals surface area (Å²) < 4.78 is 52.8. The Morgan fingerprint density at radius 1 is 1.19 bits per heavy atom. The van der Waals surface area contributed by atoms with E-state index in [-0.39, 0.29) is 16.5 Å². The highest BCUT2D eigenvalue weighted by Crippen LogP contribution is 2.35. The smallest absolute Gasteiger partial charge is 0.229 e. The van der Waals surface area contributed by atoms with Crippen molar-refractivity contribution in [3.63, 3.8) is 0 Å². The molecule has 0 aliphatic heterocycles. The molecule has 3 aromatic rings. The maximum Gasteiger partial charge on any atom is 0.229 e. The SMILES string of the molecule is CN(c1ccc(NS(C)(=O)=O)cc1)c1c(C#N)cnc2c(F)cc(F)cc12. The van der Waals surface area contributed by atoms with E-state index in [1.807, 2.05) is 6.07 Å². The first-order valence-corrected chi connectivity index (χ1v) is 9.58. The molecule has 0 aliphatic rings. The van der Waals surface area contributed by atoms with Crippen LogP contribution >= 0.6 is 0 Å². The molecule has 0 aliphatic carbocycles. The van der Waals surface area contributed by atoms with Crippen molar-refractivity contribution >= 4 is 38.0 Å². The van der Waals surface area contributed by atoms with E-state index >= 15 is 0 Å². The van der Waals surface area contributed by atoms with Gasteiger partial charge >= 0.3 is 0 Å². The first kappa shape index (κ1) is 18.5. The predicted octanol–water partition coefficient (Wildman–Crippen LogP) is 3.52. The zero-order valence-electron chi connectivity index (χ0n) is 14.4. The molecule has 9 heteroatoms. The lowest BCUT2D eigenvalue weighted by Crippen LogP contribution is -2.13. The standard InChI is InChI=1S/C18H14F2N4O2S/c1-24(14-5-3-13(4-6-14)23-27(2,25)26)18-11(9-21)10-22-17-15(18)7-12(19)8-16(17)20/h3-8,10,23H,1-2H3. The van der Waals surface area contributed by atoms with Gasteiger partial charge in [0.15, 0.2) is 5.82 Å². The highest BCUT2D eigenvalue weighted by Gasteiger charge is 2.18. The highest BCUT2D eigenvalue weighted by atomic mass is 32.2. The molecule has 1 N–H and O–H groups in total. The number of nitriles is 1. The summed E-state index contributed by atoms with van der Waals surface area (Å²) in [6.45, 7) is 0. The second-order valence-electron chi connectivity index (χ2n) is 5.90. The normalized spacial score (nSPS) is 11.2. The summed E-state index contributed by atoms with van der Waals surface area (Å²) >= 11 is 0. The molecule has 0 amide bonds. The lowest BCUT2D eigenvalue weighted by atomic mass is 10.1. The van der Waals surface area contributed by atoms with Crippen molar-refractivity contribution in [2.24, 2.45) is 0 Å². The lowest BCUT2D eigenvalue weighted by Gasteiger charge is -2.23. The minimum absolute atomic E-state index is 0.0485. The first-order valence-electron chi connectivity index (χ1n) is 7.69. The summed E-state index contributed by atoms with van der Waals surface area (Å²) in [5, 5.41) is 9.56. The number of hydrogen-bond acceptors (Lipinski definition) is 5. The molecule has 3 rings (SSSR count). The number of benzene rings is 2. The number of nitrogens with one attached hydrogen (secondary N) is 1. The number of sulfonamides is 1. The van der Waals surface area contributed by atoms with Gasteiger partial charge in [0.2, 0.25) is 10.0 Å². The van der Waals surface area contributed by atoms with E-state index in [9.17, 15) is 22.5 Å². The molecule has 0 radical (unpaired) electrons. The monoisotopic (exact) mass is 388 g/mol. The van der Waals surface area contributed by atoms with Gasteiger partial charge in [0.05, 0.1) is 17.5 Å². The minimum atomic E-state index is -3.41. The van der Waals surface area contributed by atoms with Crippen molar-refractivity contribution in [2.75, 3.05) is 22.9 Å². The number of hydrogen-bond donors (Lipinski definition) is 1. The molecular weight excluding hydrogens is 374 g/mol. The fourth-order valence-corrected chi connectivity index (χ4v) is 3.32. The van der Waals surface area contributed by atoms with Gasteiger partial charge in [-0.25, -0.2) is 17.2 Å². The minimum Gasteiger partial charge on any atom is -0.343 e. The third-order valence-corrected chi connectivity index (χ3v) is 4.48. The molecule has 1 aromatic heterocycles. The maximum absolute atomic E-state index is 14.1. The molecule has 0 spiro atoms. The van der Waals surface area contributed by atoms with E-state index in [1.54, 1.807) is 36.2 Å². The van der Waals surface area contributed by atoms with Crippen LogP contribution in [0.4, 0.5) is 25.8 Å². The largest absolute Gasteiger partial charge is 0.343 e. The van der Waals surface area contributed by atoms with Crippen LogP contribution in [0.3, 0.4) is 0 Å². The summed E-state index contributed by atoms with van der Waals surface area (Å²) in [5.74, 6) is -1.60. The van der Waals surface area contributed by atoms with E-state index in [1.165, 1.54) is 6.20 Å². The molecule has 0 saturated carbocycles. The first-order chi connectivity index (χ1) is 12.7. The average Bonchev–Trinajstić information content (AvgIpc) is 2.59. The topological polar surface area (TPSA) is 86.1 Å². The summed E-state index contributed by atoms with van der Waals surface area (Å²) in [6, 6.07) is 10.2. The Morgan fingerprint density at radius 3 is 2.44 bits per heavy atom. The molecule has 0 unspecified atom stereocenters. The summed E-state index contributed by atoms with van der Waals surface area (Å²) in [7, 11) is -1.77. The Hall–Kier alpha value is -3.25. The maximum atomic E-state index is 14.1. The quantitative estimate of drug-likeness (QED) is 0.739. The number of aromatic nitrogens is 1. The van der Waals surface area contributed by atoms with Gasteiger partial charge in [-0.3, -0.25) is 9.71 Å². The molecule has 2 aromatic carbocycles. The van der Waals surface area contributed by atoms with E-state index in [0.29, 0.717) is 17.1 Å². The molecule has 138 valence electrons. The van der Waals surface area contributed by atoms with Crippen LogP contribution in [0.1, 0.15) is 5.56 Å². The third kappa shape index (κ3) is 3.80. The molecule has 0 saturated heterocycles. The Balaban J connectivity index is 2.12. The highest BCUT2D eigenvalue weighted by molar-refractivity contribution is 7.92. The van der Waals surface area contributed by atoms with Gasteiger partial charge in [0, 0.05) is 36.1 Å². The summed E-state index contributed by atoms with van der Waals surface area (Å²) in [4.78, 5) is 5.51.